The molecule has 0 aromatic heterocycles. The number of carbonyl (C=O) groups excluding carboxylic acids is 1. The Hall–Kier alpha value is -2.69. The second kappa shape index (κ2) is 38.8. The van der Waals surface area contributed by atoms with Crippen LogP contribution in [0.15, 0.2) is 97.2 Å². The summed E-state index contributed by atoms with van der Waals surface area (Å²) in [5.74, 6) is -0.128. The van der Waals surface area contributed by atoms with Gasteiger partial charge in [0, 0.05) is 6.42 Å². The Labute approximate surface area is 296 Å². The Kier molecular flexibility index (Phi) is 36.6. The van der Waals surface area contributed by atoms with Crippen LogP contribution in [0.3, 0.4) is 0 Å². The third-order valence-electron chi connectivity index (χ3n) is 8.07. The first-order valence-electron chi connectivity index (χ1n) is 19.5. The summed E-state index contributed by atoms with van der Waals surface area (Å²) in [6.45, 7) is 4.14. The van der Waals surface area contributed by atoms with Crippen molar-refractivity contribution in [3.8, 4) is 0 Å². The molecule has 0 radical (unpaired) electrons. The first-order chi connectivity index (χ1) is 23.7. The summed E-state index contributed by atoms with van der Waals surface area (Å²) in [6.07, 6.45) is 57.8. The number of aliphatic hydroxyl groups is 2. The number of unbranched alkanes of at least 4 members (excludes halogenated alkanes) is 12. The van der Waals surface area contributed by atoms with Crippen molar-refractivity contribution in [3.63, 3.8) is 0 Å². The summed E-state index contributed by atoms with van der Waals surface area (Å²) in [5, 5.41) is 22.9. The van der Waals surface area contributed by atoms with Crippen molar-refractivity contribution in [2.24, 2.45) is 0 Å². The lowest BCUT2D eigenvalue weighted by Crippen LogP contribution is -2.45. The quantitative estimate of drug-likeness (QED) is 0.0483. The van der Waals surface area contributed by atoms with Crippen LogP contribution in [-0.4, -0.2) is 34.9 Å². The van der Waals surface area contributed by atoms with Gasteiger partial charge in [0.05, 0.1) is 18.8 Å². The molecule has 0 aromatic carbocycles. The summed E-state index contributed by atoms with van der Waals surface area (Å²) in [4.78, 5) is 12.3. The highest BCUT2D eigenvalue weighted by molar-refractivity contribution is 5.76. The van der Waals surface area contributed by atoms with Crippen molar-refractivity contribution in [1.82, 2.24) is 5.32 Å². The minimum atomic E-state index is -0.868. The van der Waals surface area contributed by atoms with Crippen molar-refractivity contribution in [1.29, 1.82) is 0 Å². The molecular weight excluding hydrogens is 590 g/mol. The van der Waals surface area contributed by atoms with E-state index >= 15 is 0 Å². The monoisotopic (exact) mass is 664 g/mol. The molecule has 48 heavy (non-hydrogen) atoms. The first-order valence-corrected chi connectivity index (χ1v) is 19.5. The molecule has 3 N–H and O–H groups in total. The van der Waals surface area contributed by atoms with Crippen molar-refractivity contribution in [3.05, 3.63) is 97.2 Å². The predicted octanol–water partition coefficient (Wildman–Crippen LogP) is 11.9. The van der Waals surface area contributed by atoms with Crippen molar-refractivity contribution in [2.75, 3.05) is 6.61 Å². The molecule has 1 amide bonds. The van der Waals surface area contributed by atoms with Gasteiger partial charge in [-0.3, -0.25) is 4.79 Å². The van der Waals surface area contributed by atoms with Gasteiger partial charge in [0.15, 0.2) is 0 Å². The number of rotatable bonds is 33. The van der Waals surface area contributed by atoms with E-state index in [1.165, 1.54) is 64.2 Å². The maximum absolute atomic E-state index is 12.3. The average molecular weight is 664 g/mol. The Bertz CT molecular complexity index is 937. The maximum Gasteiger partial charge on any atom is 0.220 e. The summed E-state index contributed by atoms with van der Waals surface area (Å²) < 4.78 is 0. The number of carbonyl (C=O) groups is 1. The van der Waals surface area contributed by atoms with Crippen molar-refractivity contribution < 1.29 is 15.0 Å². The molecule has 2 atom stereocenters. The average Bonchev–Trinajstić information content (AvgIpc) is 3.09. The van der Waals surface area contributed by atoms with E-state index in [-0.39, 0.29) is 12.5 Å². The van der Waals surface area contributed by atoms with E-state index < -0.39 is 12.1 Å². The van der Waals surface area contributed by atoms with E-state index in [9.17, 15) is 15.0 Å². The molecule has 0 rings (SSSR count). The second-order valence-electron chi connectivity index (χ2n) is 12.6. The van der Waals surface area contributed by atoms with Crippen LogP contribution in [-0.2, 0) is 4.79 Å². The summed E-state index contributed by atoms with van der Waals surface area (Å²) in [6, 6.07) is -0.658. The van der Waals surface area contributed by atoms with E-state index in [2.05, 4.69) is 104 Å². The fourth-order valence-corrected chi connectivity index (χ4v) is 5.11. The van der Waals surface area contributed by atoms with Crippen LogP contribution in [0.4, 0.5) is 0 Å². The van der Waals surface area contributed by atoms with Gasteiger partial charge in [0.25, 0.3) is 0 Å². The van der Waals surface area contributed by atoms with Gasteiger partial charge in [-0.25, -0.2) is 0 Å². The zero-order valence-corrected chi connectivity index (χ0v) is 31.0. The lowest BCUT2D eigenvalue weighted by molar-refractivity contribution is -0.122. The summed E-state index contributed by atoms with van der Waals surface area (Å²) >= 11 is 0. The van der Waals surface area contributed by atoms with Crippen molar-refractivity contribution >= 4 is 5.91 Å². The topological polar surface area (TPSA) is 69.6 Å². The molecule has 0 fully saturated rings. The normalized spacial score (nSPS) is 14.2. The Morgan fingerprint density at radius 3 is 1.35 bits per heavy atom. The second-order valence-corrected chi connectivity index (χ2v) is 12.6. The van der Waals surface area contributed by atoms with E-state index in [4.69, 9.17) is 0 Å². The van der Waals surface area contributed by atoms with Crippen LogP contribution >= 0.6 is 0 Å². The molecule has 0 aliphatic rings. The zero-order valence-electron chi connectivity index (χ0n) is 31.0. The minimum Gasteiger partial charge on any atom is -0.394 e. The summed E-state index contributed by atoms with van der Waals surface area (Å²) in [7, 11) is 0. The molecule has 0 aliphatic carbocycles. The van der Waals surface area contributed by atoms with Gasteiger partial charge in [-0.15, -0.1) is 0 Å². The molecular formula is C44H73NO3. The highest BCUT2D eigenvalue weighted by atomic mass is 16.3. The van der Waals surface area contributed by atoms with Gasteiger partial charge in [0.1, 0.15) is 0 Å². The number of nitrogens with one attached hydrogen (secondary N) is 1. The number of hydrogen-bond donors (Lipinski definition) is 3. The highest BCUT2D eigenvalue weighted by Crippen LogP contribution is 2.12. The van der Waals surface area contributed by atoms with Gasteiger partial charge >= 0.3 is 0 Å². The Morgan fingerprint density at radius 2 is 0.917 bits per heavy atom. The molecule has 0 heterocycles. The SMILES string of the molecule is CC/C=C\C/C=C\C/C=C\C/C=C\C/C=C\C/C=C\C/C=C\CCCC(=O)NC(CO)C(O)/C=C/CCCCCCCCCCCCC. The fourth-order valence-electron chi connectivity index (χ4n) is 5.11. The lowest BCUT2D eigenvalue weighted by Gasteiger charge is -2.19. The molecule has 0 aliphatic heterocycles. The molecule has 4 nitrogen and oxygen atoms in total. The number of aliphatic hydroxyl groups excluding tert-OH is 2. The lowest BCUT2D eigenvalue weighted by atomic mass is 10.0. The molecule has 0 saturated heterocycles. The van der Waals surface area contributed by atoms with Gasteiger partial charge in [0.2, 0.25) is 5.91 Å². The maximum atomic E-state index is 12.3. The van der Waals surface area contributed by atoms with Crippen LogP contribution in [0, 0.1) is 0 Å². The highest BCUT2D eigenvalue weighted by Gasteiger charge is 2.17. The minimum absolute atomic E-state index is 0.128. The van der Waals surface area contributed by atoms with Gasteiger partial charge in [-0.2, -0.15) is 0 Å². The largest absolute Gasteiger partial charge is 0.394 e. The van der Waals surface area contributed by atoms with Crippen LogP contribution < -0.4 is 5.32 Å². The molecule has 0 aromatic rings. The van der Waals surface area contributed by atoms with Crippen LogP contribution in [0.1, 0.15) is 155 Å². The fraction of sp³-hybridized carbons (Fsp3) is 0.614. The molecule has 0 bridgehead atoms. The van der Waals surface area contributed by atoms with E-state index in [0.717, 1.165) is 70.6 Å². The number of allylic oxidation sites excluding steroid dienone is 15. The van der Waals surface area contributed by atoms with Crippen LogP contribution in [0.2, 0.25) is 0 Å². The smallest absolute Gasteiger partial charge is 0.220 e. The van der Waals surface area contributed by atoms with Crippen LogP contribution in [0.5, 0.6) is 0 Å². The zero-order chi connectivity index (χ0) is 35.0. The molecule has 0 spiro atoms. The first kappa shape index (κ1) is 45.3. The van der Waals surface area contributed by atoms with E-state index in [1.807, 2.05) is 6.08 Å². The standard InChI is InChI=1S/C44H73NO3/c1-3-5-7-9-11-13-15-17-18-19-20-21-22-23-24-25-26-28-30-32-34-36-38-40-44(48)45-42(41-46)43(47)39-37-35-33-31-29-27-16-14-12-10-8-6-4-2/h5,7,11,13,17-18,20-21,23-24,26,28,32,34,37,39,42-43,46-47H,3-4,6,8-10,12,14-16,19,22,25,27,29-31,33,35-36,38,40-41H2,1-2H3,(H,45,48)/b7-5-,13-11-,18-17-,21-20-,24-23-,28-26-,34-32-,39-37+. The van der Waals surface area contributed by atoms with Gasteiger partial charge in [-0.05, 0) is 70.6 Å². The third kappa shape index (κ3) is 34.6. The van der Waals surface area contributed by atoms with Crippen molar-refractivity contribution in [2.45, 2.75) is 167 Å². The third-order valence-corrected chi connectivity index (χ3v) is 8.07. The molecule has 0 saturated carbocycles. The Morgan fingerprint density at radius 1 is 0.521 bits per heavy atom. The molecule has 272 valence electrons. The summed E-state index contributed by atoms with van der Waals surface area (Å²) in [5.41, 5.74) is 0. The molecule has 2 unspecified atom stereocenters. The van der Waals surface area contributed by atoms with Crippen LogP contribution in [0.25, 0.3) is 0 Å². The van der Waals surface area contributed by atoms with Gasteiger partial charge < -0.3 is 15.5 Å². The van der Waals surface area contributed by atoms with Gasteiger partial charge in [-0.1, -0.05) is 175 Å². The van der Waals surface area contributed by atoms with E-state index in [0.29, 0.717) is 6.42 Å². The Balaban J connectivity index is 3.81. The predicted molar refractivity (Wildman–Crippen MR) is 211 cm³/mol. The number of hydrogen-bond acceptors (Lipinski definition) is 3. The van der Waals surface area contributed by atoms with E-state index in [1.54, 1.807) is 6.08 Å². The number of amides is 1. The molecule has 4 heteroatoms.